The summed E-state index contributed by atoms with van der Waals surface area (Å²) >= 11 is 6.02. The van der Waals surface area contributed by atoms with E-state index in [0.717, 1.165) is 27.2 Å². The van der Waals surface area contributed by atoms with Gasteiger partial charge in [-0.05, 0) is 42.8 Å². The van der Waals surface area contributed by atoms with E-state index in [1.54, 1.807) is 43.5 Å². The van der Waals surface area contributed by atoms with E-state index in [0.29, 0.717) is 10.7 Å². The van der Waals surface area contributed by atoms with Crippen molar-refractivity contribution in [2.24, 2.45) is 0 Å². The molecule has 1 atom stereocenters. The van der Waals surface area contributed by atoms with Crippen LogP contribution in [0.25, 0.3) is 16.6 Å². The Morgan fingerprint density at radius 1 is 1.09 bits per heavy atom. The molecule has 5 nitrogen and oxygen atoms in total. The van der Waals surface area contributed by atoms with E-state index in [9.17, 15) is 18.0 Å². The number of benzene rings is 2. The zero-order valence-electron chi connectivity index (χ0n) is 17.1. The van der Waals surface area contributed by atoms with Crippen molar-refractivity contribution in [3.8, 4) is 5.69 Å². The molecular weight excluding hydrogens is 441 g/mol. The van der Waals surface area contributed by atoms with E-state index in [1.807, 2.05) is 18.2 Å². The maximum Gasteiger partial charge on any atom is 0.435 e. The van der Waals surface area contributed by atoms with Gasteiger partial charge in [0.2, 0.25) is 5.91 Å². The number of fused-ring (bicyclic) bond motifs is 1. The first-order valence-corrected chi connectivity index (χ1v) is 10.1. The van der Waals surface area contributed by atoms with E-state index in [-0.39, 0.29) is 5.82 Å². The number of halogens is 4. The predicted molar refractivity (Wildman–Crippen MR) is 117 cm³/mol. The average molecular weight is 459 g/mol. The molecule has 0 saturated heterocycles. The number of carbonyl (C=O) groups excluding carboxylic acids is 1. The molecule has 0 aliphatic rings. The highest BCUT2D eigenvalue weighted by Crippen LogP contribution is 2.34. The number of hydrogen-bond acceptors (Lipinski definition) is 3. The Bertz CT molecular complexity index is 1300. The monoisotopic (exact) mass is 458 g/mol. The molecule has 2 heterocycles. The van der Waals surface area contributed by atoms with Crippen molar-refractivity contribution < 1.29 is 18.0 Å². The minimum absolute atomic E-state index is 0.0187. The van der Waals surface area contributed by atoms with Gasteiger partial charge in [0, 0.05) is 29.7 Å². The van der Waals surface area contributed by atoms with Crippen molar-refractivity contribution in [2.75, 3.05) is 11.9 Å². The number of carbonyl (C=O) groups is 1. The highest BCUT2D eigenvalue weighted by Gasteiger charge is 2.36. The quantitative estimate of drug-likeness (QED) is 0.385. The second kappa shape index (κ2) is 8.27. The molecule has 2 aromatic heterocycles. The van der Waals surface area contributed by atoms with Gasteiger partial charge in [0.05, 0.1) is 17.1 Å². The lowest BCUT2D eigenvalue weighted by Gasteiger charge is -2.23. The third kappa shape index (κ3) is 4.05. The summed E-state index contributed by atoms with van der Waals surface area (Å²) in [6, 6.07) is 16.2. The Hall–Kier alpha value is -3.39. The maximum absolute atomic E-state index is 13.4. The van der Waals surface area contributed by atoms with Crippen LogP contribution < -0.4 is 4.90 Å². The van der Waals surface area contributed by atoms with Crippen LogP contribution in [0.4, 0.5) is 19.0 Å². The Morgan fingerprint density at radius 2 is 1.84 bits per heavy atom. The summed E-state index contributed by atoms with van der Waals surface area (Å²) in [4.78, 5) is 18.8. The number of nitrogens with zero attached hydrogens (tertiary/aromatic N) is 4. The van der Waals surface area contributed by atoms with Crippen LogP contribution in [0.1, 0.15) is 24.1 Å². The molecule has 0 radical (unpaired) electrons. The van der Waals surface area contributed by atoms with Gasteiger partial charge in [-0.15, -0.1) is 0 Å². The first-order valence-electron chi connectivity index (χ1n) is 9.71. The lowest BCUT2D eigenvalue weighted by molar-refractivity contribution is -0.141. The first kappa shape index (κ1) is 21.8. The van der Waals surface area contributed by atoms with Gasteiger partial charge in [0.1, 0.15) is 5.82 Å². The molecule has 0 fully saturated rings. The normalized spacial score (nSPS) is 12.7. The Kier molecular flexibility index (Phi) is 5.64. The standard InChI is InChI=1S/C23H18ClF3N4O/c1-14(17-8-4-10-19-18(17)9-5-11-28-19)22(32)30(2)21-13-20(23(25,26)27)29-31(21)16-7-3-6-15(24)12-16/h3-14H,1-2H3. The van der Waals surface area contributed by atoms with Crippen LogP contribution >= 0.6 is 11.6 Å². The van der Waals surface area contributed by atoms with Gasteiger partial charge < -0.3 is 0 Å². The van der Waals surface area contributed by atoms with Gasteiger partial charge in [-0.1, -0.05) is 35.9 Å². The van der Waals surface area contributed by atoms with Crippen molar-refractivity contribution >= 4 is 34.2 Å². The van der Waals surface area contributed by atoms with E-state index in [4.69, 9.17) is 11.6 Å². The van der Waals surface area contributed by atoms with E-state index >= 15 is 0 Å². The van der Waals surface area contributed by atoms with Gasteiger partial charge in [-0.3, -0.25) is 14.7 Å². The second-order valence-electron chi connectivity index (χ2n) is 7.31. The summed E-state index contributed by atoms with van der Waals surface area (Å²) in [6.07, 6.45) is -3.01. The van der Waals surface area contributed by atoms with Crippen LogP contribution in [0, 0.1) is 0 Å². The molecule has 4 aromatic rings. The van der Waals surface area contributed by atoms with Crippen molar-refractivity contribution in [1.82, 2.24) is 14.8 Å². The second-order valence-corrected chi connectivity index (χ2v) is 7.75. The summed E-state index contributed by atoms with van der Waals surface area (Å²) in [6.45, 7) is 1.71. The van der Waals surface area contributed by atoms with Crippen molar-refractivity contribution in [1.29, 1.82) is 0 Å². The van der Waals surface area contributed by atoms with Gasteiger partial charge in [0.15, 0.2) is 5.69 Å². The molecule has 4 rings (SSSR count). The molecule has 0 bridgehead atoms. The van der Waals surface area contributed by atoms with Crippen LogP contribution in [0.15, 0.2) is 66.9 Å². The molecule has 0 N–H and O–H groups in total. The van der Waals surface area contributed by atoms with E-state index in [2.05, 4.69) is 10.1 Å². The fourth-order valence-corrected chi connectivity index (χ4v) is 3.77. The zero-order valence-corrected chi connectivity index (χ0v) is 17.9. The molecule has 0 spiro atoms. The van der Waals surface area contributed by atoms with Crippen LogP contribution in [-0.2, 0) is 11.0 Å². The topological polar surface area (TPSA) is 51.0 Å². The van der Waals surface area contributed by atoms with Gasteiger partial charge in [0.25, 0.3) is 0 Å². The van der Waals surface area contributed by atoms with E-state index < -0.39 is 23.7 Å². The summed E-state index contributed by atoms with van der Waals surface area (Å²) in [5.74, 6) is -1.04. The number of anilines is 1. The Balaban J connectivity index is 1.77. The SMILES string of the molecule is CC(C(=O)N(C)c1cc(C(F)(F)F)nn1-c1cccc(Cl)c1)c1cccc2ncccc12. The van der Waals surface area contributed by atoms with Gasteiger partial charge in [-0.2, -0.15) is 18.3 Å². The Labute approximate surface area is 187 Å². The number of hydrogen-bond donors (Lipinski definition) is 0. The minimum Gasteiger partial charge on any atom is -0.299 e. The smallest absolute Gasteiger partial charge is 0.299 e. The van der Waals surface area contributed by atoms with Crippen LogP contribution in [0.5, 0.6) is 0 Å². The van der Waals surface area contributed by atoms with E-state index in [1.165, 1.54) is 18.0 Å². The van der Waals surface area contributed by atoms with Gasteiger partial charge in [-0.25, -0.2) is 4.68 Å². The van der Waals surface area contributed by atoms with Crippen LogP contribution in [-0.4, -0.2) is 27.7 Å². The molecule has 2 aromatic carbocycles. The summed E-state index contributed by atoms with van der Waals surface area (Å²) < 4.78 is 41.4. The lowest BCUT2D eigenvalue weighted by Crippen LogP contribution is -2.32. The third-order valence-electron chi connectivity index (χ3n) is 5.22. The highest BCUT2D eigenvalue weighted by molar-refractivity contribution is 6.30. The van der Waals surface area contributed by atoms with Crippen LogP contribution in [0.3, 0.4) is 0 Å². The van der Waals surface area contributed by atoms with Gasteiger partial charge >= 0.3 is 6.18 Å². The minimum atomic E-state index is -4.67. The molecule has 1 unspecified atom stereocenters. The molecule has 1 amide bonds. The van der Waals surface area contributed by atoms with Crippen molar-refractivity contribution in [3.05, 3.63) is 83.1 Å². The third-order valence-corrected chi connectivity index (χ3v) is 5.46. The number of amides is 1. The summed E-state index contributed by atoms with van der Waals surface area (Å²) in [5.41, 5.74) is 0.673. The number of aromatic nitrogens is 3. The Morgan fingerprint density at radius 3 is 2.56 bits per heavy atom. The number of pyridine rings is 1. The number of alkyl halides is 3. The molecule has 164 valence electrons. The number of likely N-dealkylation sites (N-methyl/N-ethyl adjacent to an activating group) is 1. The fourth-order valence-electron chi connectivity index (χ4n) is 3.59. The van der Waals surface area contributed by atoms with Crippen molar-refractivity contribution in [3.63, 3.8) is 0 Å². The number of rotatable bonds is 4. The largest absolute Gasteiger partial charge is 0.435 e. The molecule has 32 heavy (non-hydrogen) atoms. The molecule has 0 aliphatic carbocycles. The summed E-state index contributed by atoms with van der Waals surface area (Å²) in [7, 11) is 1.43. The first-order chi connectivity index (χ1) is 15.2. The van der Waals surface area contributed by atoms with Crippen LogP contribution in [0.2, 0.25) is 5.02 Å². The maximum atomic E-state index is 13.4. The average Bonchev–Trinajstić information content (AvgIpc) is 3.23. The highest BCUT2D eigenvalue weighted by atomic mass is 35.5. The molecular formula is C23H18ClF3N4O. The predicted octanol–water partition coefficient (Wildman–Crippen LogP) is 5.86. The molecule has 9 heteroatoms. The van der Waals surface area contributed by atoms with Crippen molar-refractivity contribution in [2.45, 2.75) is 19.0 Å². The zero-order chi connectivity index (χ0) is 23.0. The molecule has 0 aliphatic heterocycles. The lowest BCUT2D eigenvalue weighted by atomic mass is 9.95. The fraction of sp³-hybridized carbons (Fsp3) is 0.174. The molecule has 0 saturated carbocycles. The summed E-state index contributed by atoms with van der Waals surface area (Å²) in [5, 5.41) is 4.85.